The second-order valence-electron chi connectivity index (χ2n) is 4.95. The quantitative estimate of drug-likeness (QED) is 0.721. The number of rotatable bonds is 4. The Morgan fingerprint density at radius 1 is 1.10 bits per heavy atom. The van der Waals surface area contributed by atoms with Gasteiger partial charge in [0.1, 0.15) is 0 Å². The first-order valence-corrected chi connectivity index (χ1v) is 6.92. The Labute approximate surface area is 123 Å². The van der Waals surface area contributed by atoms with E-state index in [0.29, 0.717) is 12.1 Å². The largest absolute Gasteiger partial charge is 0.399 e. The Morgan fingerprint density at radius 3 is 2.71 bits per heavy atom. The number of carbonyl (C=O) groups is 1. The molecule has 1 heterocycles. The Bertz CT molecular complexity index is 762. The van der Waals surface area contributed by atoms with Gasteiger partial charge < -0.3 is 15.6 Å². The number of nitrogen functional groups attached to an aromatic ring is 1. The lowest BCUT2D eigenvalue weighted by Gasteiger charge is -2.08. The molecule has 3 aromatic rings. The Balaban J connectivity index is 1.63. The Morgan fingerprint density at radius 2 is 1.90 bits per heavy atom. The van der Waals surface area contributed by atoms with Crippen molar-refractivity contribution in [1.29, 1.82) is 0 Å². The van der Waals surface area contributed by atoms with Crippen LogP contribution in [-0.2, 0) is 6.54 Å². The van der Waals surface area contributed by atoms with Crippen LogP contribution in [0.5, 0.6) is 0 Å². The fourth-order valence-corrected chi connectivity index (χ4v) is 2.40. The summed E-state index contributed by atoms with van der Waals surface area (Å²) in [7, 11) is 0. The molecular formula is C17H17N3O. The van der Waals surface area contributed by atoms with Gasteiger partial charge in [0.25, 0.3) is 5.91 Å². The number of nitrogens with zero attached hydrogens (tertiary/aromatic N) is 1. The number of carbonyl (C=O) groups excluding carboxylic acids is 1. The minimum absolute atomic E-state index is 0.0451. The van der Waals surface area contributed by atoms with E-state index in [2.05, 4.69) is 9.88 Å². The van der Waals surface area contributed by atoms with Crippen LogP contribution >= 0.6 is 0 Å². The van der Waals surface area contributed by atoms with Crippen molar-refractivity contribution in [1.82, 2.24) is 9.88 Å². The number of hydrogen-bond acceptors (Lipinski definition) is 2. The van der Waals surface area contributed by atoms with Crippen LogP contribution in [-0.4, -0.2) is 17.0 Å². The number of nitrogens with one attached hydrogen (secondary N) is 1. The van der Waals surface area contributed by atoms with E-state index in [4.69, 9.17) is 5.73 Å². The zero-order valence-corrected chi connectivity index (χ0v) is 11.6. The fraction of sp³-hybridized carbons (Fsp3) is 0.118. The van der Waals surface area contributed by atoms with E-state index in [0.717, 1.165) is 23.1 Å². The normalized spacial score (nSPS) is 10.7. The van der Waals surface area contributed by atoms with Gasteiger partial charge >= 0.3 is 0 Å². The molecule has 3 rings (SSSR count). The van der Waals surface area contributed by atoms with Crippen molar-refractivity contribution in [3.05, 3.63) is 66.4 Å². The first-order valence-electron chi connectivity index (χ1n) is 6.92. The van der Waals surface area contributed by atoms with E-state index in [1.165, 1.54) is 0 Å². The summed E-state index contributed by atoms with van der Waals surface area (Å²) in [5, 5.41) is 4.04. The van der Waals surface area contributed by atoms with Crippen molar-refractivity contribution in [2.24, 2.45) is 0 Å². The maximum atomic E-state index is 11.9. The maximum absolute atomic E-state index is 11.9. The minimum Gasteiger partial charge on any atom is -0.399 e. The van der Waals surface area contributed by atoms with Gasteiger partial charge in [-0.25, -0.2) is 0 Å². The molecule has 21 heavy (non-hydrogen) atoms. The van der Waals surface area contributed by atoms with Gasteiger partial charge in [0.05, 0.1) is 0 Å². The predicted octanol–water partition coefficient (Wildman–Crippen LogP) is 2.65. The topological polar surface area (TPSA) is 60.0 Å². The van der Waals surface area contributed by atoms with E-state index < -0.39 is 0 Å². The van der Waals surface area contributed by atoms with Gasteiger partial charge in [-0.1, -0.05) is 18.2 Å². The highest BCUT2D eigenvalue weighted by Crippen LogP contribution is 2.18. The number of aromatic nitrogens is 1. The highest BCUT2D eigenvalue weighted by molar-refractivity contribution is 5.94. The van der Waals surface area contributed by atoms with Crippen LogP contribution in [0.15, 0.2) is 60.8 Å². The minimum atomic E-state index is -0.0451. The number of amides is 1. The van der Waals surface area contributed by atoms with Crippen molar-refractivity contribution >= 4 is 22.5 Å². The molecule has 0 bridgehead atoms. The van der Waals surface area contributed by atoms with Gasteiger partial charge in [-0.15, -0.1) is 0 Å². The lowest BCUT2D eigenvalue weighted by Crippen LogP contribution is -2.26. The Kier molecular flexibility index (Phi) is 3.60. The molecule has 4 heteroatoms. The third-order valence-electron chi connectivity index (χ3n) is 3.47. The van der Waals surface area contributed by atoms with Crippen LogP contribution in [0.3, 0.4) is 0 Å². The second kappa shape index (κ2) is 5.71. The van der Waals surface area contributed by atoms with Crippen LogP contribution in [0.4, 0.5) is 5.69 Å². The molecule has 0 saturated carbocycles. The molecule has 0 aliphatic carbocycles. The number of nitrogens with two attached hydrogens (primary N) is 1. The summed E-state index contributed by atoms with van der Waals surface area (Å²) in [5.41, 5.74) is 8.34. The van der Waals surface area contributed by atoms with E-state index >= 15 is 0 Å². The summed E-state index contributed by atoms with van der Waals surface area (Å²) in [6, 6.07) is 17.1. The molecule has 0 aliphatic heterocycles. The average Bonchev–Trinajstić information content (AvgIpc) is 2.90. The van der Waals surface area contributed by atoms with Gasteiger partial charge in [-0.2, -0.15) is 0 Å². The molecule has 1 amide bonds. The van der Waals surface area contributed by atoms with E-state index in [1.807, 2.05) is 60.8 Å². The molecule has 0 radical (unpaired) electrons. The molecule has 0 saturated heterocycles. The van der Waals surface area contributed by atoms with Crippen molar-refractivity contribution in [3.63, 3.8) is 0 Å². The standard InChI is InChI=1S/C17H17N3O/c18-15-6-7-16-14(12-15)8-10-20(16)11-9-19-17(21)13-4-2-1-3-5-13/h1-8,10,12H,9,11,18H2,(H,19,21). The average molecular weight is 279 g/mol. The van der Waals surface area contributed by atoms with Gasteiger partial charge in [-0.05, 0) is 36.4 Å². The van der Waals surface area contributed by atoms with Crippen LogP contribution in [0, 0.1) is 0 Å². The van der Waals surface area contributed by atoms with Crippen LogP contribution < -0.4 is 11.1 Å². The van der Waals surface area contributed by atoms with E-state index in [-0.39, 0.29) is 5.91 Å². The van der Waals surface area contributed by atoms with Crippen LogP contribution in [0.1, 0.15) is 10.4 Å². The highest BCUT2D eigenvalue weighted by Gasteiger charge is 2.04. The number of hydrogen-bond donors (Lipinski definition) is 2. The van der Waals surface area contributed by atoms with E-state index in [1.54, 1.807) is 0 Å². The summed E-state index contributed by atoms with van der Waals surface area (Å²) >= 11 is 0. The van der Waals surface area contributed by atoms with Crippen LogP contribution in [0.25, 0.3) is 10.9 Å². The fourth-order valence-electron chi connectivity index (χ4n) is 2.40. The van der Waals surface area contributed by atoms with Crippen LogP contribution in [0.2, 0.25) is 0 Å². The lowest BCUT2D eigenvalue weighted by atomic mass is 10.2. The van der Waals surface area contributed by atoms with Gasteiger partial charge in [0.2, 0.25) is 0 Å². The molecule has 0 spiro atoms. The smallest absolute Gasteiger partial charge is 0.251 e. The summed E-state index contributed by atoms with van der Waals surface area (Å²) in [4.78, 5) is 11.9. The van der Waals surface area contributed by atoms with Crippen molar-refractivity contribution in [2.75, 3.05) is 12.3 Å². The molecule has 1 aromatic heterocycles. The first kappa shape index (κ1) is 13.2. The summed E-state index contributed by atoms with van der Waals surface area (Å²) in [5.74, 6) is -0.0451. The molecule has 4 nitrogen and oxygen atoms in total. The molecule has 0 aliphatic rings. The highest BCUT2D eigenvalue weighted by atomic mass is 16.1. The van der Waals surface area contributed by atoms with Gasteiger partial charge in [0.15, 0.2) is 0 Å². The first-order chi connectivity index (χ1) is 10.2. The lowest BCUT2D eigenvalue weighted by molar-refractivity contribution is 0.0952. The van der Waals surface area contributed by atoms with Crippen molar-refractivity contribution < 1.29 is 4.79 Å². The molecule has 3 N–H and O–H groups in total. The third kappa shape index (κ3) is 2.89. The van der Waals surface area contributed by atoms with Gasteiger partial charge in [-0.3, -0.25) is 4.79 Å². The number of benzene rings is 2. The summed E-state index contributed by atoms with van der Waals surface area (Å²) in [6.07, 6.45) is 2.01. The number of fused-ring (bicyclic) bond motifs is 1. The monoisotopic (exact) mass is 279 g/mol. The molecule has 0 atom stereocenters. The number of anilines is 1. The third-order valence-corrected chi connectivity index (χ3v) is 3.47. The van der Waals surface area contributed by atoms with E-state index in [9.17, 15) is 4.79 Å². The predicted molar refractivity (Wildman–Crippen MR) is 85.1 cm³/mol. The zero-order chi connectivity index (χ0) is 14.7. The van der Waals surface area contributed by atoms with Crippen molar-refractivity contribution in [2.45, 2.75) is 6.54 Å². The molecule has 2 aromatic carbocycles. The maximum Gasteiger partial charge on any atom is 0.251 e. The molecule has 0 unspecified atom stereocenters. The van der Waals surface area contributed by atoms with Gasteiger partial charge in [0, 0.05) is 41.4 Å². The molecule has 106 valence electrons. The molecule has 0 fully saturated rings. The summed E-state index contributed by atoms with van der Waals surface area (Å²) in [6.45, 7) is 1.31. The second-order valence-corrected chi connectivity index (χ2v) is 4.95. The molecular weight excluding hydrogens is 262 g/mol. The SMILES string of the molecule is Nc1ccc2c(ccn2CCNC(=O)c2ccccc2)c1. The van der Waals surface area contributed by atoms with Crippen molar-refractivity contribution in [3.8, 4) is 0 Å². The summed E-state index contributed by atoms with van der Waals surface area (Å²) < 4.78 is 2.11. The zero-order valence-electron chi connectivity index (χ0n) is 11.6. The Hall–Kier alpha value is -2.75.